The molecule has 5 rings (SSSR count). The van der Waals surface area contributed by atoms with Crippen molar-refractivity contribution in [1.82, 2.24) is 10.2 Å². The summed E-state index contributed by atoms with van der Waals surface area (Å²) in [6.07, 6.45) is 6.21. The molecule has 3 aliphatic carbocycles. The number of benzene rings is 2. The number of nitrogens with zero attached hydrogens (tertiary/aromatic N) is 1. The van der Waals surface area contributed by atoms with Crippen molar-refractivity contribution < 1.29 is 24.2 Å². The van der Waals surface area contributed by atoms with Crippen molar-refractivity contribution in [1.29, 1.82) is 0 Å². The zero-order chi connectivity index (χ0) is 24.4. The Labute approximate surface area is 204 Å². The van der Waals surface area contributed by atoms with Crippen molar-refractivity contribution in [2.24, 2.45) is 5.92 Å². The van der Waals surface area contributed by atoms with Crippen LogP contribution in [-0.2, 0) is 14.3 Å². The molecule has 2 aromatic carbocycles. The number of carbonyl (C=O) groups excluding carboxylic acids is 2. The van der Waals surface area contributed by atoms with Crippen LogP contribution in [0.3, 0.4) is 0 Å². The van der Waals surface area contributed by atoms with Crippen molar-refractivity contribution in [2.75, 3.05) is 13.2 Å². The first-order valence-corrected chi connectivity index (χ1v) is 12.3. The fraction of sp³-hybridized carbons (Fsp3) is 0.393. The van der Waals surface area contributed by atoms with Gasteiger partial charge in [0.25, 0.3) is 0 Å². The van der Waals surface area contributed by atoms with E-state index in [9.17, 15) is 14.4 Å². The van der Waals surface area contributed by atoms with E-state index in [4.69, 9.17) is 9.84 Å². The maximum absolute atomic E-state index is 13.1. The number of amides is 2. The van der Waals surface area contributed by atoms with Crippen molar-refractivity contribution >= 4 is 18.0 Å². The molecule has 0 heterocycles. The molecule has 0 bridgehead atoms. The molecule has 1 fully saturated rings. The van der Waals surface area contributed by atoms with Crippen LogP contribution in [0.5, 0.6) is 0 Å². The van der Waals surface area contributed by atoms with Gasteiger partial charge in [0, 0.05) is 24.4 Å². The van der Waals surface area contributed by atoms with Crippen molar-refractivity contribution in [3.63, 3.8) is 0 Å². The minimum Gasteiger partial charge on any atom is -0.481 e. The Morgan fingerprint density at radius 2 is 1.66 bits per heavy atom. The second-order valence-electron chi connectivity index (χ2n) is 9.58. The van der Waals surface area contributed by atoms with Gasteiger partial charge in [0.1, 0.15) is 6.61 Å². The number of alkyl carbamates (subject to hydrolysis) is 1. The predicted molar refractivity (Wildman–Crippen MR) is 131 cm³/mol. The summed E-state index contributed by atoms with van der Waals surface area (Å²) in [6, 6.07) is 16.3. The summed E-state index contributed by atoms with van der Waals surface area (Å²) in [5, 5.41) is 11.9. The monoisotopic (exact) mass is 474 g/mol. The molecular weight excluding hydrogens is 444 g/mol. The molecular formula is C28H30N2O5. The van der Waals surface area contributed by atoms with E-state index in [-0.39, 0.29) is 49.4 Å². The van der Waals surface area contributed by atoms with Gasteiger partial charge in [-0.15, -0.1) is 0 Å². The number of ether oxygens (including phenoxy) is 1. The Bertz CT molecular complexity index is 1110. The molecule has 2 aromatic rings. The number of carbonyl (C=O) groups is 3. The zero-order valence-electron chi connectivity index (χ0n) is 19.6. The summed E-state index contributed by atoms with van der Waals surface area (Å²) in [5.41, 5.74) is 4.67. The molecule has 0 unspecified atom stereocenters. The number of aliphatic carboxylic acids is 1. The number of carboxylic acids is 1. The molecule has 2 atom stereocenters. The molecule has 7 heteroatoms. The van der Waals surface area contributed by atoms with Gasteiger partial charge < -0.3 is 20.1 Å². The number of rotatable bonds is 8. The Balaban J connectivity index is 1.17. The summed E-state index contributed by atoms with van der Waals surface area (Å²) in [6.45, 7) is 0.479. The summed E-state index contributed by atoms with van der Waals surface area (Å²) >= 11 is 0. The maximum Gasteiger partial charge on any atom is 0.407 e. The van der Waals surface area contributed by atoms with Gasteiger partial charge in [-0.1, -0.05) is 60.7 Å². The molecule has 3 aliphatic rings. The lowest BCUT2D eigenvalue weighted by Gasteiger charge is -2.30. The van der Waals surface area contributed by atoms with E-state index in [1.807, 2.05) is 36.4 Å². The molecule has 2 amide bonds. The number of fused-ring (bicyclic) bond motifs is 3. The highest BCUT2D eigenvalue weighted by Crippen LogP contribution is 2.44. The lowest BCUT2D eigenvalue weighted by molar-refractivity contribution is -0.140. The highest BCUT2D eigenvalue weighted by molar-refractivity contribution is 5.81. The van der Waals surface area contributed by atoms with Crippen LogP contribution in [0.15, 0.2) is 60.7 Å². The van der Waals surface area contributed by atoms with Crippen molar-refractivity contribution in [3.8, 4) is 11.1 Å². The number of hydrogen-bond donors (Lipinski definition) is 2. The lowest BCUT2D eigenvalue weighted by atomic mass is 9.89. The lowest BCUT2D eigenvalue weighted by Crippen LogP contribution is -2.44. The van der Waals surface area contributed by atoms with E-state index in [1.165, 1.54) is 11.1 Å². The van der Waals surface area contributed by atoms with Gasteiger partial charge in [0.15, 0.2) is 0 Å². The zero-order valence-corrected chi connectivity index (χ0v) is 19.6. The Morgan fingerprint density at radius 1 is 1.00 bits per heavy atom. The molecule has 0 aromatic heterocycles. The van der Waals surface area contributed by atoms with E-state index in [0.29, 0.717) is 12.8 Å². The van der Waals surface area contributed by atoms with E-state index < -0.39 is 12.1 Å². The number of nitrogens with one attached hydrogen (secondary N) is 1. The van der Waals surface area contributed by atoms with Gasteiger partial charge in [-0.3, -0.25) is 9.59 Å². The quantitative estimate of drug-likeness (QED) is 0.556. The number of allylic oxidation sites excluding steroid dienone is 1. The maximum atomic E-state index is 13.1. The van der Waals surface area contributed by atoms with E-state index >= 15 is 0 Å². The molecule has 1 saturated carbocycles. The molecule has 0 spiro atoms. The first-order chi connectivity index (χ1) is 17.0. The number of hydrogen-bond acceptors (Lipinski definition) is 4. The largest absolute Gasteiger partial charge is 0.481 e. The second kappa shape index (κ2) is 9.94. The van der Waals surface area contributed by atoms with Gasteiger partial charge in [-0.2, -0.15) is 0 Å². The Morgan fingerprint density at radius 3 is 2.29 bits per heavy atom. The summed E-state index contributed by atoms with van der Waals surface area (Å²) in [4.78, 5) is 38.5. The van der Waals surface area contributed by atoms with Gasteiger partial charge in [0.2, 0.25) is 5.91 Å². The van der Waals surface area contributed by atoms with Crippen LogP contribution < -0.4 is 5.32 Å². The molecule has 35 heavy (non-hydrogen) atoms. The Hall–Kier alpha value is -3.61. The predicted octanol–water partition coefficient (Wildman–Crippen LogP) is 4.33. The SMILES string of the molecule is O=C(O)CCN(C(=O)[C@@H]1CC=C[C@@H](NC(=O)OCC2c3ccccc3-c3ccccc32)C1)C1CC1. The summed E-state index contributed by atoms with van der Waals surface area (Å²) in [7, 11) is 0. The summed E-state index contributed by atoms with van der Waals surface area (Å²) < 4.78 is 5.65. The molecule has 0 radical (unpaired) electrons. The van der Waals surface area contributed by atoms with Crippen LogP contribution >= 0.6 is 0 Å². The average Bonchev–Trinajstić information content (AvgIpc) is 3.65. The first kappa shape index (κ1) is 23.1. The highest BCUT2D eigenvalue weighted by Gasteiger charge is 2.37. The van der Waals surface area contributed by atoms with Gasteiger partial charge >= 0.3 is 12.1 Å². The van der Waals surface area contributed by atoms with Gasteiger partial charge in [-0.25, -0.2) is 4.79 Å². The molecule has 0 aliphatic heterocycles. The van der Waals surface area contributed by atoms with E-state index in [1.54, 1.807) is 4.90 Å². The average molecular weight is 475 g/mol. The smallest absolute Gasteiger partial charge is 0.407 e. The minimum atomic E-state index is -0.901. The van der Waals surface area contributed by atoms with Crippen molar-refractivity contribution in [2.45, 2.75) is 50.1 Å². The number of carboxylic acid groups (broad SMARTS) is 1. The van der Waals surface area contributed by atoms with Gasteiger partial charge in [0.05, 0.1) is 12.5 Å². The third kappa shape index (κ3) is 5.09. The van der Waals surface area contributed by atoms with Crippen LogP contribution in [0.25, 0.3) is 11.1 Å². The molecule has 182 valence electrons. The normalized spacial score (nSPS) is 20.6. The first-order valence-electron chi connectivity index (χ1n) is 12.3. The standard InChI is InChI=1S/C28H30N2O5/c31-26(32)14-15-30(20-12-13-20)27(33)18-6-5-7-19(16-18)29-28(34)35-17-25-23-10-3-1-8-21(23)22-9-2-4-11-24(22)25/h1-5,7-11,18-20,25H,6,12-17H2,(H,29,34)(H,31,32)/t18-,19-/m1/s1. The van der Waals surface area contributed by atoms with Crippen LogP contribution in [0, 0.1) is 5.92 Å². The molecule has 2 N–H and O–H groups in total. The topological polar surface area (TPSA) is 95.9 Å². The summed E-state index contributed by atoms with van der Waals surface area (Å²) in [5.74, 6) is -1.20. The third-order valence-electron chi connectivity index (χ3n) is 7.16. The van der Waals surface area contributed by atoms with E-state index in [2.05, 4.69) is 29.6 Å². The van der Waals surface area contributed by atoms with Crippen molar-refractivity contribution in [3.05, 3.63) is 71.8 Å². The highest BCUT2D eigenvalue weighted by atomic mass is 16.5. The fourth-order valence-electron chi connectivity index (χ4n) is 5.30. The third-order valence-corrected chi connectivity index (χ3v) is 7.16. The minimum absolute atomic E-state index is 0.00860. The fourth-order valence-corrected chi connectivity index (χ4v) is 5.30. The van der Waals surface area contributed by atoms with Crippen LogP contribution in [-0.4, -0.2) is 53.2 Å². The van der Waals surface area contributed by atoms with E-state index in [0.717, 1.165) is 24.0 Å². The van der Waals surface area contributed by atoms with Gasteiger partial charge in [-0.05, 0) is 47.9 Å². The van der Waals surface area contributed by atoms with Crippen LogP contribution in [0.2, 0.25) is 0 Å². The molecule has 0 saturated heterocycles. The van der Waals surface area contributed by atoms with Crippen LogP contribution in [0.1, 0.15) is 49.1 Å². The molecule has 7 nitrogen and oxygen atoms in total. The Kier molecular flexibility index (Phi) is 6.57. The second-order valence-corrected chi connectivity index (χ2v) is 9.58. The van der Waals surface area contributed by atoms with Crippen LogP contribution in [0.4, 0.5) is 4.79 Å².